The summed E-state index contributed by atoms with van der Waals surface area (Å²) in [5.74, 6) is 0. The van der Waals surface area contributed by atoms with E-state index in [-0.39, 0.29) is 0 Å². The van der Waals surface area contributed by atoms with Crippen LogP contribution in [0.25, 0.3) is 11.1 Å². The maximum Gasteiger partial charge on any atom is 0.0343 e. The first-order chi connectivity index (χ1) is 6.90. The van der Waals surface area contributed by atoms with Crippen molar-refractivity contribution in [3.8, 4) is 11.1 Å². The molecule has 0 radical (unpaired) electrons. The van der Waals surface area contributed by atoms with Crippen LogP contribution in [0.15, 0.2) is 48.8 Å². The summed E-state index contributed by atoms with van der Waals surface area (Å²) in [6.45, 7) is 0. The van der Waals surface area contributed by atoms with Crippen molar-refractivity contribution in [1.82, 2.24) is 4.98 Å². The van der Waals surface area contributed by atoms with Crippen LogP contribution in [0.4, 0.5) is 5.69 Å². The molecular formula is C12H12N2. The van der Waals surface area contributed by atoms with Crippen molar-refractivity contribution >= 4 is 5.69 Å². The van der Waals surface area contributed by atoms with Gasteiger partial charge in [0.05, 0.1) is 0 Å². The van der Waals surface area contributed by atoms with E-state index < -0.39 is 0 Å². The summed E-state index contributed by atoms with van der Waals surface area (Å²) in [5.41, 5.74) is 3.52. The highest BCUT2D eigenvalue weighted by Gasteiger charge is 1.96. The van der Waals surface area contributed by atoms with Crippen molar-refractivity contribution < 1.29 is 0 Å². The zero-order valence-corrected chi connectivity index (χ0v) is 8.07. The molecule has 0 spiro atoms. The van der Waals surface area contributed by atoms with Gasteiger partial charge in [-0.3, -0.25) is 4.98 Å². The fraction of sp³-hybridized carbons (Fsp3) is 0.0833. The van der Waals surface area contributed by atoms with Gasteiger partial charge in [0.1, 0.15) is 0 Å². The number of hydrogen-bond acceptors (Lipinski definition) is 2. The first-order valence-corrected chi connectivity index (χ1v) is 4.58. The van der Waals surface area contributed by atoms with E-state index in [1.165, 1.54) is 11.1 Å². The predicted molar refractivity (Wildman–Crippen MR) is 59.2 cm³/mol. The van der Waals surface area contributed by atoms with Crippen LogP contribution in [-0.2, 0) is 0 Å². The normalized spacial score (nSPS) is 9.79. The van der Waals surface area contributed by atoms with Gasteiger partial charge in [0.25, 0.3) is 0 Å². The molecule has 0 saturated carbocycles. The number of nitrogens with one attached hydrogen (secondary N) is 1. The number of rotatable bonds is 2. The quantitative estimate of drug-likeness (QED) is 0.776. The zero-order valence-electron chi connectivity index (χ0n) is 8.07. The van der Waals surface area contributed by atoms with Crippen molar-refractivity contribution in [2.24, 2.45) is 0 Å². The molecule has 1 aromatic heterocycles. The van der Waals surface area contributed by atoms with Crippen molar-refractivity contribution in [2.75, 3.05) is 12.4 Å². The molecular weight excluding hydrogens is 172 g/mol. The summed E-state index contributed by atoms with van der Waals surface area (Å²) in [6, 6.07) is 12.3. The van der Waals surface area contributed by atoms with Gasteiger partial charge in [-0.1, -0.05) is 12.1 Å². The fourth-order valence-corrected chi connectivity index (χ4v) is 1.40. The lowest BCUT2D eigenvalue weighted by atomic mass is 10.1. The number of aromatic nitrogens is 1. The molecule has 0 aliphatic heterocycles. The maximum atomic E-state index is 4.00. The molecule has 0 saturated heterocycles. The lowest BCUT2D eigenvalue weighted by Gasteiger charge is -2.04. The fourth-order valence-electron chi connectivity index (χ4n) is 1.40. The van der Waals surface area contributed by atoms with Crippen LogP contribution < -0.4 is 5.32 Å². The Morgan fingerprint density at radius 1 is 1.00 bits per heavy atom. The van der Waals surface area contributed by atoms with Crippen LogP contribution in [0, 0.1) is 0 Å². The molecule has 2 rings (SSSR count). The Morgan fingerprint density at radius 3 is 2.50 bits per heavy atom. The molecule has 0 bridgehead atoms. The van der Waals surface area contributed by atoms with Gasteiger partial charge in [-0.15, -0.1) is 0 Å². The summed E-state index contributed by atoms with van der Waals surface area (Å²) in [7, 11) is 1.92. The largest absolute Gasteiger partial charge is 0.388 e. The van der Waals surface area contributed by atoms with E-state index in [0.29, 0.717) is 0 Å². The van der Waals surface area contributed by atoms with E-state index in [1.807, 2.05) is 31.3 Å². The minimum Gasteiger partial charge on any atom is -0.388 e. The van der Waals surface area contributed by atoms with Gasteiger partial charge < -0.3 is 5.32 Å². The van der Waals surface area contributed by atoms with Crippen molar-refractivity contribution in [3.63, 3.8) is 0 Å². The Kier molecular flexibility index (Phi) is 2.45. The average Bonchev–Trinajstić information content (AvgIpc) is 2.30. The third-order valence-corrected chi connectivity index (χ3v) is 2.16. The van der Waals surface area contributed by atoms with E-state index in [9.17, 15) is 0 Å². The molecule has 1 heterocycles. The van der Waals surface area contributed by atoms with Crippen LogP contribution in [0.5, 0.6) is 0 Å². The van der Waals surface area contributed by atoms with Gasteiger partial charge >= 0.3 is 0 Å². The van der Waals surface area contributed by atoms with Gasteiger partial charge in [-0.25, -0.2) is 0 Å². The number of hydrogen-bond donors (Lipinski definition) is 1. The first-order valence-electron chi connectivity index (χ1n) is 4.58. The molecule has 0 unspecified atom stereocenters. The third-order valence-electron chi connectivity index (χ3n) is 2.16. The van der Waals surface area contributed by atoms with E-state index >= 15 is 0 Å². The Balaban J connectivity index is 2.42. The highest BCUT2D eigenvalue weighted by molar-refractivity contribution is 5.67. The lowest BCUT2D eigenvalue weighted by molar-refractivity contribution is 1.33. The second-order valence-electron chi connectivity index (χ2n) is 3.07. The van der Waals surface area contributed by atoms with Crippen LogP contribution in [0.2, 0.25) is 0 Å². The molecule has 2 aromatic rings. The smallest absolute Gasteiger partial charge is 0.0343 e. The number of nitrogens with zero attached hydrogens (tertiary/aromatic N) is 1. The number of pyridine rings is 1. The third kappa shape index (κ3) is 1.74. The Hall–Kier alpha value is -1.83. The molecule has 0 aliphatic carbocycles. The molecule has 2 nitrogen and oxygen atoms in total. The van der Waals surface area contributed by atoms with Gasteiger partial charge in [0.2, 0.25) is 0 Å². The molecule has 70 valence electrons. The maximum absolute atomic E-state index is 4.00. The second-order valence-corrected chi connectivity index (χ2v) is 3.07. The molecule has 1 N–H and O–H groups in total. The van der Waals surface area contributed by atoms with Gasteiger partial charge in [0, 0.05) is 25.1 Å². The van der Waals surface area contributed by atoms with E-state index in [0.717, 1.165) is 5.69 Å². The average molecular weight is 184 g/mol. The SMILES string of the molecule is CNc1cccc(-c2ccncc2)c1. The molecule has 0 atom stereocenters. The van der Waals surface area contributed by atoms with Crippen molar-refractivity contribution in [2.45, 2.75) is 0 Å². The molecule has 14 heavy (non-hydrogen) atoms. The first kappa shape index (κ1) is 8.75. The summed E-state index contributed by atoms with van der Waals surface area (Å²) in [5, 5.41) is 3.12. The molecule has 1 aromatic carbocycles. The van der Waals surface area contributed by atoms with Crippen LogP contribution in [-0.4, -0.2) is 12.0 Å². The van der Waals surface area contributed by atoms with Crippen LogP contribution >= 0.6 is 0 Å². The molecule has 0 aliphatic rings. The number of benzene rings is 1. The van der Waals surface area contributed by atoms with Gasteiger partial charge in [0.15, 0.2) is 0 Å². The summed E-state index contributed by atoms with van der Waals surface area (Å²) < 4.78 is 0. The Morgan fingerprint density at radius 2 is 1.79 bits per heavy atom. The molecule has 0 amide bonds. The molecule has 2 heteroatoms. The minimum atomic E-state index is 1.12. The molecule has 0 fully saturated rings. The minimum absolute atomic E-state index is 1.12. The second kappa shape index (κ2) is 3.92. The van der Waals surface area contributed by atoms with Crippen molar-refractivity contribution in [3.05, 3.63) is 48.8 Å². The van der Waals surface area contributed by atoms with E-state index in [2.05, 4.69) is 22.4 Å². The Labute approximate surface area is 83.6 Å². The summed E-state index contributed by atoms with van der Waals surface area (Å²) >= 11 is 0. The van der Waals surface area contributed by atoms with Crippen LogP contribution in [0.1, 0.15) is 0 Å². The van der Waals surface area contributed by atoms with Crippen molar-refractivity contribution in [1.29, 1.82) is 0 Å². The number of anilines is 1. The van der Waals surface area contributed by atoms with E-state index in [1.54, 1.807) is 12.4 Å². The highest BCUT2D eigenvalue weighted by Crippen LogP contribution is 2.21. The highest BCUT2D eigenvalue weighted by atomic mass is 14.8. The lowest BCUT2D eigenvalue weighted by Crippen LogP contribution is -1.87. The summed E-state index contributed by atoms with van der Waals surface area (Å²) in [4.78, 5) is 4.00. The summed E-state index contributed by atoms with van der Waals surface area (Å²) in [6.07, 6.45) is 3.61. The zero-order chi connectivity index (χ0) is 9.80. The topological polar surface area (TPSA) is 24.9 Å². The van der Waals surface area contributed by atoms with Gasteiger partial charge in [-0.2, -0.15) is 0 Å². The van der Waals surface area contributed by atoms with E-state index in [4.69, 9.17) is 0 Å². The standard InChI is InChI=1S/C12H12N2/c1-13-12-4-2-3-11(9-12)10-5-7-14-8-6-10/h2-9,13H,1H3. The monoisotopic (exact) mass is 184 g/mol. The van der Waals surface area contributed by atoms with Gasteiger partial charge in [-0.05, 0) is 35.4 Å². The Bertz CT molecular complexity index is 410. The predicted octanol–water partition coefficient (Wildman–Crippen LogP) is 2.79. The van der Waals surface area contributed by atoms with Crippen LogP contribution in [0.3, 0.4) is 0 Å².